The van der Waals surface area contributed by atoms with Crippen molar-refractivity contribution in [2.45, 2.75) is 18.8 Å². The molecular weight excluding hydrogens is 305 g/mol. The Labute approximate surface area is 101 Å². The number of halogens is 1. The standard InChI is InChI=1S/C11H10INO2/c1-11(6-9(14)13-10(11)15)7-2-4-8(12)5-3-7/h2-5H,6H2,1H3,(H,13,14,15). The number of hydrogen-bond donors (Lipinski definition) is 1. The molecule has 1 aliphatic heterocycles. The lowest BCUT2D eigenvalue weighted by Gasteiger charge is -2.19. The van der Waals surface area contributed by atoms with Gasteiger partial charge in [0.15, 0.2) is 0 Å². The van der Waals surface area contributed by atoms with Crippen LogP contribution in [0.1, 0.15) is 18.9 Å². The van der Waals surface area contributed by atoms with E-state index in [1.807, 2.05) is 24.3 Å². The Hall–Kier alpha value is -0.910. The van der Waals surface area contributed by atoms with Crippen molar-refractivity contribution in [1.82, 2.24) is 5.32 Å². The summed E-state index contributed by atoms with van der Waals surface area (Å²) in [5.41, 5.74) is 0.202. The predicted molar refractivity (Wildman–Crippen MR) is 64.3 cm³/mol. The van der Waals surface area contributed by atoms with Gasteiger partial charge in [0.25, 0.3) is 0 Å². The minimum Gasteiger partial charge on any atom is -0.296 e. The van der Waals surface area contributed by atoms with Gasteiger partial charge in [-0.05, 0) is 47.2 Å². The van der Waals surface area contributed by atoms with E-state index in [9.17, 15) is 9.59 Å². The van der Waals surface area contributed by atoms with Crippen molar-refractivity contribution in [3.63, 3.8) is 0 Å². The number of amides is 2. The van der Waals surface area contributed by atoms with Crippen molar-refractivity contribution in [3.8, 4) is 0 Å². The second-order valence-electron chi connectivity index (χ2n) is 3.89. The molecule has 4 heteroatoms. The van der Waals surface area contributed by atoms with E-state index in [0.717, 1.165) is 9.13 Å². The van der Waals surface area contributed by atoms with Gasteiger partial charge in [0.05, 0.1) is 5.41 Å². The summed E-state index contributed by atoms with van der Waals surface area (Å²) in [7, 11) is 0. The maximum absolute atomic E-state index is 11.7. The highest BCUT2D eigenvalue weighted by atomic mass is 127. The Morgan fingerprint density at radius 2 is 1.87 bits per heavy atom. The average Bonchev–Trinajstić information content (AvgIpc) is 2.42. The van der Waals surface area contributed by atoms with Crippen LogP contribution in [0.25, 0.3) is 0 Å². The summed E-state index contributed by atoms with van der Waals surface area (Å²) in [6.45, 7) is 1.80. The number of rotatable bonds is 1. The molecular formula is C11H10INO2. The molecule has 0 spiro atoms. The van der Waals surface area contributed by atoms with Gasteiger partial charge in [-0.15, -0.1) is 0 Å². The maximum atomic E-state index is 11.7. The molecule has 1 aromatic rings. The van der Waals surface area contributed by atoms with Crippen LogP contribution in [0, 0.1) is 3.57 Å². The van der Waals surface area contributed by atoms with Gasteiger partial charge in [-0.3, -0.25) is 14.9 Å². The third kappa shape index (κ3) is 1.78. The third-order valence-electron chi connectivity index (χ3n) is 2.75. The zero-order chi connectivity index (χ0) is 11.1. The summed E-state index contributed by atoms with van der Waals surface area (Å²) in [4.78, 5) is 22.8. The minimum absolute atomic E-state index is 0.193. The normalized spacial score (nSPS) is 25.5. The highest BCUT2D eigenvalue weighted by molar-refractivity contribution is 14.1. The second-order valence-corrected chi connectivity index (χ2v) is 5.14. The van der Waals surface area contributed by atoms with Gasteiger partial charge in [0, 0.05) is 9.99 Å². The molecule has 1 heterocycles. The number of carbonyl (C=O) groups is 2. The molecule has 2 amide bonds. The molecule has 0 aliphatic carbocycles. The second kappa shape index (κ2) is 3.59. The topological polar surface area (TPSA) is 46.2 Å². The number of hydrogen-bond acceptors (Lipinski definition) is 2. The predicted octanol–water partition coefficient (Wildman–Crippen LogP) is 1.60. The Morgan fingerprint density at radius 3 is 2.33 bits per heavy atom. The highest BCUT2D eigenvalue weighted by Gasteiger charge is 2.43. The van der Waals surface area contributed by atoms with E-state index in [2.05, 4.69) is 27.9 Å². The van der Waals surface area contributed by atoms with Crippen molar-refractivity contribution in [2.75, 3.05) is 0 Å². The summed E-state index contributed by atoms with van der Waals surface area (Å²) in [5.74, 6) is -0.394. The molecule has 1 N–H and O–H groups in total. The fraction of sp³-hybridized carbons (Fsp3) is 0.273. The quantitative estimate of drug-likeness (QED) is 0.632. The van der Waals surface area contributed by atoms with Crippen molar-refractivity contribution in [2.24, 2.45) is 0 Å². The lowest BCUT2D eigenvalue weighted by molar-refractivity contribution is -0.126. The first-order valence-corrected chi connectivity index (χ1v) is 5.70. The third-order valence-corrected chi connectivity index (χ3v) is 3.47. The van der Waals surface area contributed by atoms with Crippen LogP contribution in [0.5, 0.6) is 0 Å². The molecule has 0 aromatic heterocycles. The number of carbonyl (C=O) groups excluding carboxylic acids is 2. The number of imide groups is 1. The van der Waals surface area contributed by atoms with Crippen molar-refractivity contribution in [3.05, 3.63) is 33.4 Å². The van der Waals surface area contributed by atoms with E-state index < -0.39 is 5.41 Å². The van der Waals surface area contributed by atoms with Gasteiger partial charge in [-0.1, -0.05) is 12.1 Å². The zero-order valence-electron chi connectivity index (χ0n) is 8.21. The fourth-order valence-electron chi connectivity index (χ4n) is 1.76. The van der Waals surface area contributed by atoms with Gasteiger partial charge in [-0.25, -0.2) is 0 Å². The summed E-state index contributed by atoms with van der Waals surface area (Å²) in [6.07, 6.45) is 0.242. The summed E-state index contributed by atoms with van der Waals surface area (Å²) < 4.78 is 1.12. The molecule has 1 saturated heterocycles. The van der Waals surface area contributed by atoms with Crippen LogP contribution >= 0.6 is 22.6 Å². The van der Waals surface area contributed by atoms with E-state index in [1.54, 1.807) is 6.92 Å². The summed E-state index contributed by atoms with van der Waals surface area (Å²) in [6, 6.07) is 7.69. The maximum Gasteiger partial charge on any atom is 0.237 e. The molecule has 78 valence electrons. The number of benzene rings is 1. The number of nitrogens with one attached hydrogen (secondary N) is 1. The molecule has 15 heavy (non-hydrogen) atoms. The van der Waals surface area contributed by atoms with Gasteiger partial charge in [0.2, 0.25) is 11.8 Å². The summed E-state index contributed by atoms with van der Waals surface area (Å²) >= 11 is 2.21. The van der Waals surface area contributed by atoms with E-state index in [-0.39, 0.29) is 18.2 Å². The Balaban J connectivity index is 2.41. The van der Waals surface area contributed by atoms with Crippen molar-refractivity contribution < 1.29 is 9.59 Å². The van der Waals surface area contributed by atoms with Crippen LogP contribution in [0.4, 0.5) is 0 Å². The van der Waals surface area contributed by atoms with Crippen molar-refractivity contribution >= 4 is 34.4 Å². The van der Waals surface area contributed by atoms with Gasteiger partial charge in [0.1, 0.15) is 0 Å². The first kappa shape index (κ1) is 10.6. The zero-order valence-corrected chi connectivity index (χ0v) is 10.4. The van der Waals surface area contributed by atoms with Crippen LogP contribution in [-0.2, 0) is 15.0 Å². The molecule has 2 rings (SSSR count). The molecule has 0 saturated carbocycles. The van der Waals surface area contributed by atoms with E-state index in [1.165, 1.54) is 0 Å². The van der Waals surface area contributed by atoms with Gasteiger partial charge in [-0.2, -0.15) is 0 Å². The van der Waals surface area contributed by atoms with Crippen LogP contribution in [0.2, 0.25) is 0 Å². The molecule has 1 atom stereocenters. The van der Waals surface area contributed by atoms with Crippen LogP contribution in [0.15, 0.2) is 24.3 Å². The fourth-order valence-corrected chi connectivity index (χ4v) is 2.12. The van der Waals surface area contributed by atoms with Crippen molar-refractivity contribution in [1.29, 1.82) is 0 Å². The van der Waals surface area contributed by atoms with Crippen LogP contribution in [0.3, 0.4) is 0 Å². The lowest BCUT2D eigenvalue weighted by atomic mass is 9.81. The van der Waals surface area contributed by atoms with E-state index in [4.69, 9.17) is 0 Å². The monoisotopic (exact) mass is 315 g/mol. The smallest absolute Gasteiger partial charge is 0.237 e. The van der Waals surface area contributed by atoms with Gasteiger partial charge >= 0.3 is 0 Å². The average molecular weight is 315 g/mol. The molecule has 0 bridgehead atoms. The molecule has 3 nitrogen and oxygen atoms in total. The molecule has 1 fully saturated rings. The van der Waals surface area contributed by atoms with Gasteiger partial charge < -0.3 is 0 Å². The SMILES string of the molecule is CC1(c2ccc(I)cc2)CC(=O)NC1=O. The Kier molecular flexibility index (Phi) is 2.54. The van der Waals surface area contributed by atoms with Crippen LogP contribution < -0.4 is 5.32 Å². The first-order chi connectivity index (χ1) is 7.02. The van der Waals surface area contributed by atoms with E-state index in [0.29, 0.717) is 0 Å². The van der Waals surface area contributed by atoms with Crippen LogP contribution in [-0.4, -0.2) is 11.8 Å². The highest BCUT2D eigenvalue weighted by Crippen LogP contribution is 2.31. The first-order valence-electron chi connectivity index (χ1n) is 4.63. The Bertz CT molecular complexity index is 427. The largest absolute Gasteiger partial charge is 0.296 e. The van der Waals surface area contributed by atoms with E-state index >= 15 is 0 Å². The minimum atomic E-state index is -0.693. The molecule has 1 unspecified atom stereocenters. The lowest BCUT2D eigenvalue weighted by Crippen LogP contribution is -2.32. The Morgan fingerprint density at radius 1 is 1.27 bits per heavy atom. The molecule has 1 aromatic carbocycles. The molecule has 0 radical (unpaired) electrons. The molecule has 1 aliphatic rings. The summed E-state index contributed by atoms with van der Waals surface area (Å²) in [5, 5.41) is 2.34.